The molecule has 1 aromatic carbocycles. The van der Waals surface area contributed by atoms with E-state index in [9.17, 15) is 5.11 Å². The second kappa shape index (κ2) is 7.48. The Hall–Kier alpha value is -1.52. The summed E-state index contributed by atoms with van der Waals surface area (Å²) in [4.78, 5) is 4.22. The first-order valence-corrected chi connectivity index (χ1v) is 7.97. The molecule has 0 fully saturated rings. The summed E-state index contributed by atoms with van der Waals surface area (Å²) in [5.74, 6) is 1.43. The van der Waals surface area contributed by atoms with Crippen LogP contribution in [-0.2, 0) is 0 Å². The minimum absolute atomic E-state index is 0.295. The maximum Gasteiger partial charge on any atom is 0.122 e. The number of hydrogen-bond donors (Lipinski definition) is 1. The van der Waals surface area contributed by atoms with E-state index in [2.05, 4.69) is 18.0 Å². The average molecular weight is 303 g/mol. The van der Waals surface area contributed by atoms with Crippen molar-refractivity contribution in [2.24, 2.45) is 0 Å². The van der Waals surface area contributed by atoms with Crippen molar-refractivity contribution in [3.05, 3.63) is 53.2 Å². The van der Waals surface area contributed by atoms with Gasteiger partial charge in [-0.2, -0.15) is 0 Å². The van der Waals surface area contributed by atoms with Gasteiger partial charge in [-0.1, -0.05) is 12.1 Å². The second-order valence-corrected chi connectivity index (χ2v) is 6.19. The molecule has 1 aromatic heterocycles. The van der Waals surface area contributed by atoms with Crippen LogP contribution in [0.2, 0.25) is 0 Å². The van der Waals surface area contributed by atoms with Crippen molar-refractivity contribution in [1.29, 1.82) is 0 Å². The molecule has 0 aliphatic carbocycles. The third-order valence-electron chi connectivity index (χ3n) is 3.26. The third kappa shape index (κ3) is 4.76. The first-order chi connectivity index (χ1) is 10.1. The molecule has 2 rings (SSSR count). The summed E-state index contributed by atoms with van der Waals surface area (Å²) < 4.78 is 5.76. The SMILES string of the molecule is Cc1cc(C)c(C)c(OC[C@@H](O)CSc2ccccn2)c1. The van der Waals surface area contributed by atoms with Crippen molar-refractivity contribution in [3.63, 3.8) is 0 Å². The quantitative estimate of drug-likeness (QED) is 0.829. The zero-order valence-corrected chi connectivity index (χ0v) is 13.5. The van der Waals surface area contributed by atoms with Gasteiger partial charge in [-0.3, -0.25) is 0 Å². The fourth-order valence-corrected chi connectivity index (χ4v) is 2.77. The smallest absolute Gasteiger partial charge is 0.122 e. The van der Waals surface area contributed by atoms with E-state index in [1.54, 1.807) is 6.20 Å². The van der Waals surface area contributed by atoms with E-state index in [4.69, 9.17) is 4.74 Å². The largest absolute Gasteiger partial charge is 0.491 e. The van der Waals surface area contributed by atoms with Crippen molar-refractivity contribution in [1.82, 2.24) is 4.98 Å². The van der Waals surface area contributed by atoms with Gasteiger partial charge in [-0.25, -0.2) is 4.98 Å². The van der Waals surface area contributed by atoms with Gasteiger partial charge in [0.15, 0.2) is 0 Å². The van der Waals surface area contributed by atoms with Crippen LogP contribution >= 0.6 is 11.8 Å². The van der Waals surface area contributed by atoms with E-state index in [1.165, 1.54) is 22.9 Å². The Morgan fingerprint density at radius 2 is 2.05 bits per heavy atom. The lowest BCUT2D eigenvalue weighted by atomic mass is 10.1. The van der Waals surface area contributed by atoms with Gasteiger partial charge < -0.3 is 9.84 Å². The molecule has 0 bridgehead atoms. The highest BCUT2D eigenvalue weighted by atomic mass is 32.2. The van der Waals surface area contributed by atoms with Gasteiger partial charge in [-0.05, 0) is 55.7 Å². The third-order valence-corrected chi connectivity index (χ3v) is 4.35. The Morgan fingerprint density at radius 3 is 2.76 bits per heavy atom. The lowest BCUT2D eigenvalue weighted by Crippen LogP contribution is -2.20. The molecular formula is C17H21NO2S. The molecule has 1 N–H and O–H groups in total. The van der Waals surface area contributed by atoms with Crippen molar-refractivity contribution in [2.75, 3.05) is 12.4 Å². The maximum absolute atomic E-state index is 10.0. The van der Waals surface area contributed by atoms with Crippen LogP contribution in [0.15, 0.2) is 41.6 Å². The normalized spacial score (nSPS) is 12.2. The maximum atomic E-state index is 10.0. The van der Waals surface area contributed by atoms with E-state index >= 15 is 0 Å². The summed E-state index contributed by atoms with van der Waals surface area (Å²) in [5, 5.41) is 10.9. The molecular weight excluding hydrogens is 282 g/mol. The minimum Gasteiger partial charge on any atom is -0.491 e. The predicted octanol–water partition coefficient (Wildman–Crippen LogP) is 3.54. The van der Waals surface area contributed by atoms with Crippen LogP contribution in [0.25, 0.3) is 0 Å². The molecule has 1 atom stereocenters. The monoisotopic (exact) mass is 303 g/mol. The van der Waals surface area contributed by atoms with Gasteiger partial charge in [0.25, 0.3) is 0 Å². The summed E-state index contributed by atoms with van der Waals surface area (Å²) in [6, 6.07) is 9.91. The fourth-order valence-electron chi connectivity index (χ4n) is 2.00. The first kappa shape index (κ1) is 15.9. The Kier molecular flexibility index (Phi) is 5.65. The lowest BCUT2D eigenvalue weighted by Gasteiger charge is -2.15. The summed E-state index contributed by atoms with van der Waals surface area (Å²) >= 11 is 1.53. The highest BCUT2D eigenvalue weighted by molar-refractivity contribution is 7.99. The van der Waals surface area contributed by atoms with E-state index in [-0.39, 0.29) is 0 Å². The van der Waals surface area contributed by atoms with Crippen molar-refractivity contribution in [3.8, 4) is 5.75 Å². The fraction of sp³-hybridized carbons (Fsp3) is 0.353. The zero-order valence-electron chi connectivity index (χ0n) is 12.7. The standard InChI is InChI=1S/C17H21NO2S/c1-12-8-13(2)14(3)16(9-12)20-10-15(19)11-21-17-6-4-5-7-18-17/h4-9,15,19H,10-11H2,1-3H3/t15-/m1/s1. The molecule has 0 amide bonds. The van der Waals surface area contributed by atoms with E-state index in [0.717, 1.165) is 16.3 Å². The van der Waals surface area contributed by atoms with Crippen molar-refractivity contribution in [2.45, 2.75) is 31.9 Å². The van der Waals surface area contributed by atoms with E-state index < -0.39 is 6.10 Å². The van der Waals surface area contributed by atoms with Gasteiger partial charge in [0.2, 0.25) is 0 Å². The molecule has 0 aliphatic heterocycles. The number of ether oxygens (including phenoxy) is 1. The molecule has 0 unspecified atom stereocenters. The topological polar surface area (TPSA) is 42.4 Å². The van der Waals surface area contributed by atoms with Gasteiger partial charge in [0, 0.05) is 11.9 Å². The van der Waals surface area contributed by atoms with Gasteiger partial charge in [0.05, 0.1) is 11.1 Å². The number of aryl methyl sites for hydroxylation is 2. The number of thioether (sulfide) groups is 1. The molecule has 4 heteroatoms. The molecule has 3 nitrogen and oxygen atoms in total. The van der Waals surface area contributed by atoms with E-state index in [0.29, 0.717) is 12.4 Å². The summed E-state index contributed by atoms with van der Waals surface area (Å²) in [6.45, 7) is 6.46. The average Bonchev–Trinajstić information content (AvgIpc) is 2.48. The number of aliphatic hydroxyl groups excluding tert-OH is 1. The van der Waals surface area contributed by atoms with Gasteiger partial charge >= 0.3 is 0 Å². The van der Waals surface area contributed by atoms with Crippen LogP contribution in [-0.4, -0.2) is 28.6 Å². The highest BCUT2D eigenvalue weighted by Crippen LogP contribution is 2.24. The van der Waals surface area contributed by atoms with Crippen LogP contribution in [0.4, 0.5) is 0 Å². The number of nitrogens with zero attached hydrogens (tertiary/aromatic N) is 1. The van der Waals surface area contributed by atoms with Crippen molar-refractivity contribution < 1.29 is 9.84 Å². The Morgan fingerprint density at radius 1 is 1.24 bits per heavy atom. The second-order valence-electron chi connectivity index (χ2n) is 5.15. The van der Waals surface area contributed by atoms with Gasteiger partial charge in [-0.15, -0.1) is 11.8 Å². The molecule has 112 valence electrons. The van der Waals surface area contributed by atoms with Crippen LogP contribution < -0.4 is 4.74 Å². The molecule has 21 heavy (non-hydrogen) atoms. The van der Waals surface area contributed by atoms with Crippen LogP contribution in [0, 0.1) is 20.8 Å². The predicted molar refractivity (Wildman–Crippen MR) is 87.1 cm³/mol. The number of pyridine rings is 1. The summed E-state index contributed by atoms with van der Waals surface area (Å²) in [6.07, 6.45) is 1.24. The molecule has 0 aliphatic rings. The van der Waals surface area contributed by atoms with E-state index in [1.807, 2.05) is 38.1 Å². The molecule has 0 saturated heterocycles. The Bertz CT molecular complexity index is 587. The molecule has 0 spiro atoms. The van der Waals surface area contributed by atoms with Crippen molar-refractivity contribution >= 4 is 11.8 Å². The molecule has 0 saturated carbocycles. The number of rotatable bonds is 6. The Balaban J connectivity index is 1.85. The molecule has 0 radical (unpaired) electrons. The summed E-state index contributed by atoms with van der Waals surface area (Å²) in [5.41, 5.74) is 3.51. The lowest BCUT2D eigenvalue weighted by molar-refractivity contribution is 0.126. The number of aliphatic hydroxyl groups is 1. The first-order valence-electron chi connectivity index (χ1n) is 6.99. The highest BCUT2D eigenvalue weighted by Gasteiger charge is 2.09. The van der Waals surface area contributed by atoms with Crippen LogP contribution in [0.5, 0.6) is 5.75 Å². The minimum atomic E-state index is -0.516. The Labute approximate surface area is 130 Å². The number of aromatic nitrogens is 1. The van der Waals surface area contributed by atoms with Crippen LogP contribution in [0.1, 0.15) is 16.7 Å². The zero-order chi connectivity index (χ0) is 15.2. The molecule has 2 aromatic rings. The summed E-state index contributed by atoms with van der Waals surface area (Å²) in [7, 11) is 0. The number of benzene rings is 1. The number of hydrogen-bond acceptors (Lipinski definition) is 4. The molecule has 1 heterocycles. The van der Waals surface area contributed by atoms with Crippen LogP contribution in [0.3, 0.4) is 0 Å². The van der Waals surface area contributed by atoms with Gasteiger partial charge in [0.1, 0.15) is 12.4 Å².